The summed E-state index contributed by atoms with van der Waals surface area (Å²) in [7, 11) is 4.76. The number of rotatable bonds is 4. The SMILES string of the molecule is COc1cc2nc(Cl)c(C(C)C)cc2c(OC)c1OC. The van der Waals surface area contributed by atoms with E-state index < -0.39 is 0 Å². The van der Waals surface area contributed by atoms with Crippen molar-refractivity contribution in [3.05, 3.63) is 22.8 Å². The van der Waals surface area contributed by atoms with Crippen LogP contribution in [0.3, 0.4) is 0 Å². The number of ether oxygens (including phenoxy) is 3. The molecule has 4 nitrogen and oxygen atoms in total. The minimum absolute atomic E-state index is 0.275. The van der Waals surface area contributed by atoms with E-state index in [0.29, 0.717) is 27.9 Å². The van der Waals surface area contributed by atoms with Crippen LogP contribution in [-0.2, 0) is 0 Å². The van der Waals surface area contributed by atoms with Gasteiger partial charge in [-0.1, -0.05) is 25.4 Å². The number of aromatic nitrogens is 1. The smallest absolute Gasteiger partial charge is 0.204 e. The molecule has 0 unspecified atom stereocenters. The van der Waals surface area contributed by atoms with Crippen molar-refractivity contribution in [2.24, 2.45) is 0 Å². The second-order valence-electron chi connectivity index (χ2n) is 4.74. The van der Waals surface area contributed by atoms with Crippen molar-refractivity contribution in [3.63, 3.8) is 0 Å². The van der Waals surface area contributed by atoms with Crippen molar-refractivity contribution in [3.8, 4) is 17.2 Å². The Kier molecular flexibility index (Phi) is 4.23. The summed E-state index contributed by atoms with van der Waals surface area (Å²) < 4.78 is 16.2. The Bertz CT molecular complexity index is 641. The zero-order valence-corrected chi connectivity index (χ0v) is 13.0. The number of pyridine rings is 1. The maximum absolute atomic E-state index is 6.24. The van der Waals surface area contributed by atoms with Gasteiger partial charge in [0.2, 0.25) is 5.75 Å². The molecule has 0 aliphatic heterocycles. The summed E-state index contributed by atoms with van der Waals surface area (Å²) in [5.41, 5.74) is 1.69. The molecule has 2 aromatic rings. The monoisotopic (exact) mass is 295 g/mol. The van der Waals surface area contributed by atoms with Crippen LogP contribution in [-0.4, -0.2) is 26.3 Å². The van der Waals surface area contributed by atoms with Crippen molar-refractivity contribution < 1.29 is 14.2 Å². The minimum Gasteiger partial charge on any atom is -0.493 e. The van der Waals surface area contributed by atoms with Gasteiger partial charge in [0.15, 0.2) is 11.5 Å². The first-order valence-electron chi connectivity index (χ1n) is 6.32. The van der Waals surface area contributed by atoms with Crippen LogP contribution in [0.2, 0.25) is 5.15 Å². The predicted octanol–water partition coefficient (Wildman–Crippen LogP) is 4.04. The Morgan fingerprint density at radius 1 is 1.00 bits per heavy atom. The summed E-state index contributed by atoms with van der Waals surface area (Å²) in [6.45, 7) is 4.14. The van der Waals surface area contributed by atoms with Gasteiger partial charge in [0, 0.05) is 11.5 Å². The summed E-state index contributed by atoms with van der Waals surface area (Å²) in [4.78, 5) is 4.44. The molecule has 108 valence electrons. The predicted molar refractivity (Wildman–Crippen MR) is 80.5 cm³/mol. The molecule has 0 radical (unpaired) electrons. The molecule has 0 aliphatic carbocycles. The van der Waals surface area contributed by atoms with E-state index in [0.717, 1.165) is 10.9 Å². The molecule has 0 fully saturated rings. The van der Waals surface area contributed by atoms with Gasteiger partial charge in [0.25, 0.3) is 0 Å². The van der Waals surface area contributed by atoms with Crippen molar-refractivity contribution in [2.45, 2.75) is 19.8 Å². The van der Waals surface area contributed by atoms with E-state index in [2.05, 4.69) is 18.8 Å². The number of fused-ring (bicyclic) bond motifs is 1. The lowest BCUT2D eigenvalue weighted by atomic mass is 10.0. The second kappa shape index (κ2) is 5.75. The lowest BCUT2D eigenvalue weighted by molar-refractivity contribution is 0.327. The Balaban J connectivity index is 2.85. The zero-order chi connectivity index (χ0) is 14.9. The van der Waals surface area contributed by atoms with Gasteiger partial charge in [0.05, 0.1) is 26.8 Å². The van der Waals surface area contributed by atoms with E-state index in [9.17, 15) is 0 Å². The van der Waals surface area contributed by atoms with Crippen LogP contribution in [0, 0.1) is 0 Å². The molecular weight excluding hydrogens is 278 g/mol. The fourth-order valence-corrected chi connectivity index (χ4v) is 2.55. The average Bonchev–Trinajstić information content (AvgIpc) is 2.43. The lowest BCUT2D eigenvalue weighted by Crippen LogP contribution is -1.99. The summed E-state index contributed by atoms with van der Waals surface area (Å²) in [5, 5.41) is 1.36. The molecule has 0 saturated heterocycles. The van der Waals surface area contributed by atoms with Gasteiger partial charge in [0.1, 0.15) is 5.15 Å². The molecule has 1 aromatic heterocycles. The number of methoxy groups -OCH3 is 3. The van der Waals surface area contributed by atoms with E-state index in [1.54, 1.807) is 27.4 Å². The van der Waals surface area contributed by atoms with Gasteiger partial charge in [-0.2, -0.15) is 0 Å². The van der Waals surface area contributed by atoms with Crippen LogP contribution in [0.4, 0.5) is 0 Å². The maximum atomic E-state index is 6.24. The Hall–Kier alpha value is -1.68. The standard InChI is InChI=1S/C15H18ClNO3/c1-8(2)9-6-10-11(17-15(9)16)7-12(18-3)14(20-5)13(10)19-4/h6-8H,1-5H3. The number of halogens is 1. The van der Waals surface area contributed by atoms with Gasteiger partial charge in [-0.05, 0) is 17.5 Å². The molecule has 0 amide bonds. The van der Waals surface area contributed by atoms with Gasteiger partial charge in [-0.25, -0.2) is 4.98 Å². The Morgan fingerprint density at radius 2 is 1.65 bits per heavy atom. The third kappa shape index (κ3) is 2.36. The summed E-state index contributed by atoms with van der Waals surface area (Å²) in [5.74, 6) is 2.00. The fraction of sp³-hybridized carbons (Fsp3) is 0.400. The first-order valence-corrected chi connectivity index (χ1v) is 6.70. The minimum atomic E-state index is 0.275. The van der Waals surface area contributed by atoms with Crippen LogP contribution in [0.15, 0.2) is 12.1 Å². The van der Waals surface area contributed by atoms with Crippen molar-refractivity contribution in [1.29, 1.82) is 0 Å². The molecule has 0 saturated carbocycles. The number of benzene rings is 1. The Morgan fingerprint density at radius 3 is 2.15 bits per heavy atom. The molecule has 0 bridgehead atoms. The van der Waals surface area contributed by atoms with Gasteiger partial charge in [-0.3, -0.25) is 0 Å². The summed E-state index contributed by atoms with van der Waals surface area (Å²) in [6, 6.07) is 3.79. The largest absolute Gasteiger partial charge is 0.493 e. The zero-order valence-electron chi connectivity index (χ0n) is 12.3. The molecule has 1 aromatic carbocycles. The topological polar surface area (TPSA) is 40.6 Å². The molecule has 0 spiro atoms. The maximum Gasteiger partial charge on any atom is 0.204 e. The quantitative estimate of drug-likeness (QED) is 0.798. The highest BCUT2D eigenvalue weighted by molar-refractivity contribution is 6.30. The molecule has 20 heavy (non-hydrogen) atoms. The third-order valence-corrected chi connectivity index (χ3v) is 3.53. The second-order valence-corrected chi connectivity index (χ2v) is 5.09. The highest BCUT2D eigenvalue weighted by Gasteiger charge is 2.19. The van der Waals surface area contributed by atoms with E-state index in [1.807, 2.05) is 6.07 Å². The van der Waals surface area contributed by atoms with Gasteiger partial charge < -0.3 is 14.2 Å². The average molecular weight is 296 g/mol. The number of hydrogen-bond donors (Lipinski definition) is 0. The summed E-state index contributed by atoms with van der Waals surface area (Å²) >= 11 is 6.24. The normalized spacial score (nSPS) is 10.9. The van der Waals surface area contributed by atoms with Gasteiger partial charge >= 0.3 is 0 Å². The number of nitrogens with zero attached hydrogens (tertiary/aromatic N) is 1. The molecular formula is C15H18ClNO3. The first-order chi connectivity index (χ1) is 9.53. The Labute approximate surface area is 123 Å². The summed E-state index contributed by atoms with van der Waals surface area (Å²) in [6.07, 6.45) is 0. The molecule has 2 rings (SSSR count). The van der Waals surface area contributed by atoms with Crippen LogP contribution < -0.4 is 14.2 Å². The van der Waals surface area contributed by atoms with E-state index in [1.165, 1.54) is 0 Å². The third-order valence-electron chi connectivity index (χ3n) is 3.23. The molecule has 0 atom stereocenters. The van der Waals surface area contributed by atoms with E-state index >= 15 is 0 Å². The highest BCUT2D eigenvalue weighted by atomic mass is 35.5. The first kappa shape index (κ1) is 14.7. The molecule has 0 aliphatic rings. The number of hydrogen-bond acceptors (Lipinski definition) is 4. The van der Waals surface area contributed by atoms with Crippen molar-refractivity contribution in [1.82, 2.24) is 4.98 Å². The van der Waals surface area contributed by atoms with Crippen LogP contribution in [0.25, 0.3) is 10.9 Å². The highest BCUT2D eigenvalue weighted by Crippen LogP contribution is 2.44. The molecule has 0 N–H and O–H groups in total. The molecule has 1 heterocycles. The van der Waals surface area contributed by atoms with Crippen molar-refractivity contribution in [2.75, 3.05) is 21.3 Å². The fourth-order valence-electron chi connectivity index (χ4n) is 2.19. The van der Waals surface area contributed by atoms with Crippen molar-refractivity contribution >= 4 is 22.5 Å². The van der Waals surface area contributed by atoms with Crippen LogP contribution >= 0.6 is 11.6 Å². The van der Waals surface area contributed by atoms with E-state index in [-0.39, 0.29) is 5.92 Å². The lowest BCUT2D eigenvalue weighted by Gasteiger charge is -2.16. The molecule has 5 heteroatoms. The van der Waals surface area contributed by atoms with E-state index in [4.69, 9.17) is 25.8 Å². The van der Waals surface area contributed by atoms with Crippen LogP contribution in [0.5, 0.6) is 17.2 Å². The van der Waals surface area contributed by atoms with Crippen LogP contribution in [0.1, 0.15) is 25.3 Å². The van der Waals surface area contributed by atoms with Gasteiger partial charge in [-0.15, -0.1) is 0 Å².